The molecule has 1 heterocycles. The third-order valence-corrected chi connectivity index (χ3v) is 4.04. The van der Waals surface area contributed by atoms with Crippen LogP contribution in [-0.2, 0) is 14.3 Å². The maximum atomic E-state index is 13.0. The third kappa shape index (κ3) is 4.04. The second kappa shape index (κ2) is 8.66. The van der Waals surface area contributed by atoms with E-state index in [2.05, 4.69) is 13.2 Å². The van der Waals surface area contributed by atoms with E-state index in [1.165, 1.54) is 9.80 Å². The van der Waals surface area contributed by atoms with Crippen LogP contribution in [0.1, 0.15) is 46.5 Å². The number of carbonyl (C=O) groups is 3. The van der Waals surface area contributed by atoms with Gasteiger partial charge in [0.05, 0.1) is 6.61 Å². The molecule has 24 heavy (non-hydrogen) atoms. The molecule has 0 aromatic heterocycles. The molecule has 6 heteroatoms. The number of nitrogens with zero attached hydrogens (tertiary/aromatic N) is 2. The Morgan fingerprint density at radius 2 is 2.04 bits per heavy atom. The molecule has 1 aliphatic rings. The standard InChI is InChI=1S/C18H28N2O4/c1-6-11-19-15(21)9-10-18(13-14(4)5,16(22)24-8-3)20(12-7-2)17(19)23/h7H,2,4,6,8-13H2,1,3,5H3. The van der Waals surface area contributed by atoms with Gasteiger partial charge in [0.25, 0.3) is 0 Å². The lowest BCUT2D eigenvalue weighted by molar-refractivity contribution is -0.156. The lowest BCUT2D eigenvalue weighted by Gasteiger charge is -2.40. The molecular weight excluding hydrogens is 308 g/mol. The number of amides is 3. The van der Waals surface area contributed by atoms with Gasteiger partial charge in [-0.05, 0) is 26.7 Å². The summed E-state index contributed by atoms with van der Waals surface area (Å²) >= 11 is 0. The Bertz CT molecular complexity index is 529. The predicted molar refractivity (Wildman–Crippen MR) is 92.3 cm³/mol. The summed E-state index contributed by atoms with van der Waals surface area (Å²) in [5.74, 6) is -0.752. The highest BCUT2D eigenvalue weighted by Gasteiger charge is 2.51. The van der Waals surface area contributed by atoms with Crippen LogP contribution in [0.4, 0.5) is 4.79 Å². The lowest BCUT2D eigenvalue weighted by atomic mass is 9.85. The molecule has 0 radical (unpaired) electrons. The molecule has 134 valence electrons. The van der Waals surface area contributed by atoms with Crippen molar-refractivity contribution in [2.45, 2.75) is 52.0 Å². The molecule has 1 atom stereocenters. The number of urea groups is 1. The second-order valence-electron chi connectivity index (χ2n) is 6.11. The van der Waals surface area contributed by atoms with Crippen molar-refractivity contribution in [3.05, 3.63) is 24.8 Å². The van der Waals surface area contributed by atoms with Gasteiger partial charge < -0.3 is 9.64 Å². The van der Waals surface area contributed by atoms with Gasteiger partial charge in [-0.3, -0.25) is 9.69 Å². The normalized spacial score (nSPS) is 21.5. The molecule has 1 rings (SSSR count). The minimum absolute atomic E-state index is 0.117. The van der Waals surface area contributed by atoms with Crippen LogP contribution in [0.5, 0.6) is 0 Å². The van der Waals surface area contributed by atoms with Crippen LogP contribution in [0.25, 0.3) is 0 Å². The van der Waals surface area contributed by atoms with Crippen LogP contribution >= 0.6 is 0 Å². The van der Waals surface area contributed by atoms with Gasteiger partial charge in [-0.25, -0.2) is 9.59 Å². The number of hydrogen-bond donors (Lipinski definition) is 0. The van der Waals surface area contributed by atoms with Crippen molar-refractivity contribution in [2.75, 3.05) is 19.7 Å². The van der Waals surface area contributed by atoms with Crippen LogP contribution in [-0.4, -0.2) is 52.9 Å². The molecule has 1 saturated heterocycles. The monoisotopic (exact) mass is 336 g/mol. The van der Waals surface area contributed by atoms with E-state index in [9.17, 15) is 14.4 Å². The fourth-order valence-electron chi connectivity index (χ4n) is 3.08. The zero-order valence-electron chi connectivity index (χ0n) is 15.0. The van der Waals surface area contributed by atoms with E-state index in [0.717, 1.165) is 5.57 Å². The Hall–Kier alpha value is -2.11. The van der Waals surface area contributed by atoms with Crippen LogP contribution in [0.15, 0.2) is 24.8 Å². The SMILES string of the molecule is C=CCN1C(=O)N(CCC)C(=O)CCC1(CC(=C)C)C(=O)OCC. The fraction of sp³-hybridized carbons (Fsp3) is 0.611. The van der Waals surface area contributed by atoms with E-state index in [1.54, 1.807) is 19.9 Å². The van der Waals surface area contributed by atoms with Gasteiger partial charge in [0, 0.05) is 25.9 Å². The van der Waals surface area contributed by atoms with E-state index in [4.69, 9.17) is 4.74 Å². The van der Waals surface area contributed by atoms with Crippen LogP contribution in [0.3, 0.4) is 0 Å². The molecule has 0 aromatic carbocycles. The molecule has 0 spiro atoms. The number of hydrogen-bond acceptors (Lipinski definition) is 4. The Labute approximate surface area is 144 Å². The Balaban J connectivity index is 3.42. The summed E-state index contributed by atoms with van der Waals surface area (Å²) in [6.07, 6.45) is 2.82. The lowest BCUT2D eigenvalue weighted by Crippen LogP contribution is -2.59. The van der Waals surface area contributed by atoms with E-state index >= 15 is 0 Å². The highest BCUT2D eigenvalue weighted by Crippen LogP contribution is 2.34. The topological polar surface area (TPSA) is 66.9 Å². The number of esters is 1. The summed E-state index contributed by atoms with van der Waals surface area (Å²) in [6.45, 7) is 13.7. The number of rotatable bonds is 8. The fourth-order valence-corrected chi connectivity index (χ4v) is 3.08. The average Bonchev–Trinajstić information content (AvgIpc) is 2.61. The Kier molecular flexibility index (Phi) is 7.19. The van der Waals surface area contributed by atoms with Crippen molar-refractivity contribution < 1.29 is 19.1 Å². The number of ether oxygens (including phenoxy) is 1. The molecule has 3 amide bonds. The first-order valence-electron chi connectivity index (χ1n) is 8.38. The van der Waals surface area contributed by atoms with Crippen LogP contribution in [0, 0.1) is 0 Å². The summed E-state index contributed by atoms with van der Waals surface area (Å²) in [5.41, 5.74) is -0.466. The van der Waals surface area contributed by atoms with Crippen molar-refractivity contribution in [1.82, 2.24) is 9.80 Å². The first-order chi connectivity index (χ1) is 11.3. The average molecular weight is 336 g/mol. The first kappa shape index (κ1) is 19.9. The van der Waals surface area contributed by atoms with Crippen molar-refractivity contribution in [2.24, 2.45) is 0 Å². The predicted octanol–water partition coefficient (Wildman–Crippen LogP) is 2.89. The van der Waals surface area contributed by atoms with Gasteiger partial charge in [-0.15, -0.1) is 13.2 Å². The van der Waals surface area contributed by atoms with E-state index in [0.29, 0.717) is 13.0 Å². The Morgan fingerprint density at radius 3 is 2.54 bits per heavy atom. The summed E-state index contributed by atoms with van der Waals surface area (Å²) in [4.78, 5) is 40.8. The molecule has 1 fully saturated rings. The van der Waals surface area contributed by atoms with Crippen LogP contribution in [0.2, 0.25) is 0 Å². The largest absolute Gasteiger partial charge is 0.464 e. The van der Waals surface area contributed by atoms with Gasteiger partial charge in [0.2, 0.25) is 5.91 Å². The quantitative estimate of drug-likeness (QED) is 0.505. The first-order valence-corrected chi connectivity index (χ1v) is 8.38. The van der Waals surface area contributed by atoms with E-state index in [1.807, 2.05) is 6.92 Å². The van der Waals surface area contributed by atoms with Gasteiger partial charge in [0.1, 0.15) is 5.54 Å². The van der Waals surface area contributed by atoms with Crippen molar-refractivity contribution in [3.8, 4) is 0 Å². The smallest absolute Gasteiger partial charge is 0.332 e. The van der Waals surface area contributed by atoms with E-state index in [-0.39, 0.29) is 38.3 Å². The molecule has 0 saturated carbocycles. The second-order valence-corrected chi connectivity index (χ2v) is 6.11. The molecule has 1 unspecified atom stereocenters. The zero-order valence-corrected chi connectivity index (χ0v) is 15.0. The third-order valence-electron chi connectivity index (χ3n) is 4.04. The van der Waals surface area contributed by atoms with Gasteiger partial charge in [-0.1, -0.05) is 18.6 Å². The highest BCUT2D eigenvalue weighted by molar-refractivity contribution is 5.99. The molecule has 0 bridgehead atoms. The summed E-state index contributed by atoms with van der Waals surface area (Å²) in [5, 5.41) is 0. The van der Waals surface area contributed by atoms with Crippen LogP contribution < -0.4 is 0 Å². The maximum absolute atomic E-state index is 13.0. The molecular formula is C18H28N2O4. The Morgan fingerprint density at radius 1 is 1.38 bits per heavy atom. The molecule has 6 nitrogen and oxygen atoms in total. The van der Waals surface area contributed by atoms with Gasteiger partial charge in [0.15, 0.2) is 0 Å². The molecule has 0 aromatic rings. The molecule has 0 aliphatic carbocycles. The number of carbonyl (C=O) groups excluding carboxylic acids is 3. The zero-order chi connectivity index (χ0) is 18.3. The van der Waals surface area contributed by atoms with Crippen molar-refractivity contribution in [3.63, 3.8) is 0 Å². The van der Waals surface area contributed by atoms with Crippen molar-refractivity contribution >= 4 is 17.9 Å². The minimum Gasteiger partial charge on any atom is -0.464 e. The van der Waals surface area contributed by atoms with E-state index < -0.39 is 17.5 Å². The van der Waals surface area contributed by atoms with Gasteiger partial charge >= 0.3 is 12.0 Å². The van der Waals surface area contributed by atoms with Gasteiger partial charge in [-0.2, -0.15) is 0 Å². The highest BCUT2D eigenvalue weighted by atomic mass is 16.5. The molecule has 1 aliphatic heterocycles. The minimum atomic E-state index is -1.22. The molecule has 0 N–H and O–H groups in total. The summed E-state index contributed by atoms with van der Waals surface area (Å²) in [7, 11) is 0. The summed E-state index contributed by atoms with van der Waals surface area (Å²) < 4.78 is 5.26. The maximum Gasteiger partial charge on any atom is 0.332 e. The van der Waals surface area contributed by atoms with Crippen molar-refractivity contribution in [1.29, 1.82) is 0 Å². The summed E-state index contributed by atoms with van der Waals surface area (Å²) in [6, 6.07) is -0.464. The number of imide groups is 1.